The molecule has 3 heterocycles. The second-order valence-corrected chi connectivity index (χ2v) is 6.23. The summed E-state index contributed by atoms with van der Waals surface area (Å²) in [4.78, 5) is 16.4. The summed E-state index contributed by atoms with van der Waals surface area (Å²) in [7, 11) is 0. The molecule has 28 heavy (non-hydrogen) atoms. The van der Waals surface area contributed by atoms with E-state index in [1.165, 1.54) is 0 Å². The fourth-order valence-electron chi connectivity index (χ4n) is 2.68. The molecule has 0 radical (unpaired) electrons. The molecule has 7 heteroatoms. The Morgan fingerprint density at radius 3 is 2.82 bits per heavy atom. The lowest BCUT2D eigenvalue weighted by molar-refractivity contribution is 0.0992. The van der Waals surface area contributed by atoms with Gasteiger partial charge in [0.05, 0.1) is 5.69 Å². The van der Waals surface area contributed by atoms with Gasteiger partial charge in [-0.2, -0.15) is 5.10 Å². The first-order valence-electron chi connectivity index (χ1n) is 8.73. The molecule has 4 aromatic rings. The number of nitrogens with zero attached hydrogens (tertiary/aromatic N) is 2. The number of anilines is 1. The average molecular weight is 374 g/mol. The van der Waals surface area contributed by atoms with E-state index in [1.54, 1.807) is 30.6 Å². The SMILES string of the molecule is Cc1cccc(OCc2ccc(C(=O)Nc3cc(-c4ccncc4)[nH]n3)o2)c1. The summed E-state index contributed by atoms with van der Waals surface area (Å²) >= 11 is 0. The number of furan rings is 1. The van der Waals surface area contributed by atoms with E-state index in [-0.39, 0.29) is 18.3 Å². The highest BCUT2D eigenvalue weighted by atomic mass is 16.5. The fraction of sp³-hybridized carbons (Fsp3) is 0.0952. The van der Waals surface area contributed by atoms with Crippen LogP contribution >= 0.6 is 0 Å². The van der Waals surface area contributed by atoms with E-state index in [4.69, 9.17) is 9.15 Å². The minimum Gasteiger partial charge on any atom is -0.486 e. The maximum absolute atomic E-state index is 12.4. The van der Waals surface area contributed by atoms with Crippen molar-refractivity contribution in [3.63, 3.8) is 0 Å². The molecule has 0 saturated heterocycles. The first kappa shape index (κ1) is 17.5. The summed E-state index contributed by atoms with van der Waals surface area (Å²) in [6, 6.07) is 16.5. The van der Waals surface area contributed by atoms with Gasteiger partial charge < -0.3 is 14.5 Å². The number of benzene rings is 1. The van der Waals surface area contributed by atoms with Crippen LogP contribution in [0.15, 0.2) is 71.4 Å². The van der Waals surface area contributed by atoms with Gasteiger partial charge in [-0.3, -0.25) is 14.9 Å². The number of aromatic nitrogens is 3. The van der Waals surface area contributed by atoms with Gasteiger partial charge in [0.1, 0.15) is 18.1 Å². The maximum atomic E-state index is 12.4. The summed E-state index contributed by atoms with van der Waals surface area (Å²) < 4.78 is 11.3. The molecule has 0 saturated carbocycles. The quantitative estimate of drug-likeness (QED) is 0.527. The van der Waals surface area contributed by atoms with Gasteiger partial charge in [-0.25, -0.2) is 0 Å². The normalized spacial score (nSPS) is 10.6. The van der Waals surface area contributed by atoms with Crippen LogP contribution in [0, 0.1) is 6.92 Å². The monoisotopic (exact) mass is 374 g/mol. The number of carbonyl (C=O) groups is 1. The molecule has 0 aliphatic carbocycles. The molecule has 0 atom stereocenters. The van der Waals surface area contributed by atoms with E-state index in [0.717, 1.165) is 22.6 Å². The average Bonchev–Trinajstić information content (AvgIpc) is 3.37. The highest BCUT2D eigenvalue weighted by Gasteiger charge is 2.14. The van der Waals surface area contributed by atoms with Crippen molar-refractivity contribution < 1.29 is 13.9 Å². The van der Waals surface area contributed by atoms with Crippen LogP contribution in [0.2, 0.25) is 0 Å². The van der Waals surface area contributed by atoms with E-state index >= 15 is 0 Å². The standard InChI is InChI=1S/C21H18N4O3/c1-14-3-2-4-16(11-14)27-13-17-5-6-19(28-17)21(26)23-20-12-18(24-25-20)15-7-9-22-10-8-15/h2-12H,13H2,1H3,(H2,23,24,25,26). The topological polar surface area (TPSA) is 93.0 Å². The Labute approximate surface area is 161 Å². The Morgan fingerprint density at radius 2 is 2.00 bits per heavy atom. The largest absolute Gasteiger partial charge is 0.486 e. The lowest BCUT2D eigenvalue weighted by Gasteiger charge is -2.04. The van der Waals surface area contributed by atoms with Gasteiger partial charge in [0.15, 0.2) is 11.6 Å². The smallest absolute Gasteiger partial charge is 0.292 e. The molecular weight excluding hydrogens is 356 g/mol. The Kier molecular flexibility index (Phi) is 4.88. The molecule has 1 aromatic carbocycles. The number of carbonyl (C=O) groups excluding carboxylic acids is 1. The minimum atomic E-state index is -0.380. The predicted octanol–water partition coefficient (Wildman–Crippen LogP) is 4.20. The summed E-state index contributed by atoms with van der Waals surface area (Å²) in [6.07, 6.45) is 3.38. The van der Waals surface area contributed by atoms with Crippen LogP contribution < -0.4 is 10.1 Å². The number of pyridine rings is 1. The van der Waals surface area contributed by atoms with Gasteiger partial charge in [0.25, 0.3) is 5.91 Å². The van der Waals surface area contributed by atoms with Crippen LogP contribution in [0.5, 0.6) is 5.75 Å². The zero-order valence-electron chi connectivity index (χ0n) is 15.2. The lowest BCUT2D eigenvalue weighted by Crippen LogP contribution is -2.11. The molecule has 2 N–H and O–H groups in total. The molecule has 0 aliphatic heterocycles. The number of hydrogen-bond donors (Lipinski definition) is 2. The Balaban J connectivity index is 1.37. The summed E-state index contributed by atoms with van der Waals surface area (Å²) in [6.45, 7) is 2.24. The molecule has 7 nitrogen and oxygen atoms in total. The van der Waals surface area contributed by atoms with Crippen molar-refractivity contribution in [1.29, 1.82) is 0 Å². The Hall–Kier alpha value is -3.87. The molecule has 0 aliphatic rings. The van der Waals surface area contributed by atoms with E-state index in [1.807, 2.05) is 43.3 Å². The Morgan fingerprint density at radius 1 is 1.14 bits per heavy atom. The van der Waals surface area contributed by atoms with Crippen LogP contribution in [0.4, 0.5) is 5.82 Å². The molecule has 0 bridgehead atoms. The van der Waals surface area contributed by atoms with Gasteiger partial charge in [-0.15, -0.1) is 0 Å². The van der Waals surface area contributed by atoms with Crippen molar-refractivity contribution in [2.75, 3.05) is 5.32 Å². The number of aromatic amines is 1. The third-order valence-electron chi connectivity index (χ3n) is 4.07. The van der Waals surface area contributed by atoms with Gasteiger partial charge in [-0.1, -0.05) is 12.1 Å². The van der Waals surface area contributed by atoms with E-state index in [9.17, 15) is 4.79 Å². The Bertz CT molecular complexity index is 1090. The van der Waals surface area contributed by atoms with Gasteiger partial charge >= 0.3 is 0 Å². The van der Waals surface area contributed by atoms with Crippen LogP contribution in [0.25, 0.3) is 11.3 Å². The van der Waals surface area contributed by atoms with E-state index in [2.05, 4.69) is 20.5 Å². The van der Waals surface area contributed by atoms with E-state index < -0.39 is 0 Å². The molecule has 3 aromatic heterocycles. The molecule has 4 rings (SSSR count). The molecule has 1 amide bonds. The third kappa shape index (κ3) is 4.09. The van der Waals surface area contributed by atoms with Crippen LogP contribution in [-0.2, 0) is 6.61 Å². The number of H-pyrrole nitrogens is 1. The summed E-state index contributed by atoms with van der Waals surface area (Å²) in [5.74, 6) is 1.53. The number of rotatable bonds is 6. The lowest BCUT2D eigenvalue weighted by atomic mass is 10.2. The second-order valence-electron chi connectivity index (χ2n) is 6.23. The first-order chi connectivity index (χ1) is 13.7. The highest BCUT2D eigenvalue weighted by Crippen LogP contribution is 2.20. The van der Waals surface area contributed by atoms with Crippen molar-refractivity contribution in [3.05, 3.63) is 84.1 Å². The number of ether oxygens (including phenoxy) is 1. The van der Waals surface area contributed by atoms with Gasteiger partial charge in [-0.05, 0) is 48.9 Å². The molecule has 0 fully saturated rings. The number of nitrogens with one attached hydrogen (secondary N) is 2. The third-order valence-corrected chi connectivity index (χ3v) is 4.07. The zero-order chi connectivity index (χ0) is 19.3. The minimum absolute atomic E-state index is 0.191. The van der Waals surface area contributed by atoms with Crippen LogP contribution in [0.1, 0.15) is 21.9 Å². The van der Waals surface area contributed by atoms with Crippen molar-refractivity contribution in [3.8, 4) is 17.0 Å². The predicted molar refractivity (Wildman–Crippen MR) is 104 cm³/mol. The van der Waals surface area contributed by atoms with Crippen LogP contribution in [0.3, 0.4) is 0 Å². The molecule has 140 valence electrons. The first-order valence-corrected chi connectivity index (χ1v) is 8.73. The van der Waals surface area contributed by atoms with Gasteiger partial charge in [0.2, 0.25) is 0 Å². The molecule has 0 spiro atoms. The van der Waals surface area contributed by atoms with Crippen LogP contribution in [-0.4, -0.2) is 21.1 Å². The highest BCUT2D eigenvalue weighted by molar-refractivity contribution is 6.01. The number of amides is 1. The summed E-state index contributed by atoms with van der Waals surface area (Å²) in [5, 5.41) is 9.70. The number of aryl methyl sites for hydroxylation is 1. The number of hydrogen-bond acceptors (Lipinski definition) is 5. The van der Waals surface area contributed by atoms with Crippen molar-refractivity contribution in [2.45, 2.75) is 13.5 Å². The van der Waals surface area contributed by atoms with Gasteiger partial charge in [0, 0.05) is 24.0 Å². The van der Waals surface area contributed by atoms with Crippen molar-refractivity contribution in [1.82, 2.24) is 15.2 Å². The summed E-state index contributed by atoms with van der Waals surface area (Å²) in [5.41, 5.74) is 2.82. The molecular formula is C21H18N4O3. The van der Waals surface area contributed by atoms with Crippen molar-refractivity contribution in [2.24, 2.45) is 0 Å². The van der Waals surface area contributed by atoms with Crippen molar-refractivity contribution >= 4 is 11.7 Å². The molecule has 0 unspecified atom stereocenters. The fourth-order valence-corrected chi connectivity index (χ4v) is 2.68. The maximum Gasteiger partial charge on any atom is 0.292 e. The van der Waals surface area contributed by atoms with E-state index in [0.29, 0.717) is 11.6 Å². The zero-order valence-corrected chi connectivity index (χ0v) is 15.2. The second kappa shape index (κ2) is 7.79.